The quantitative estimate of drug-likeness (QED) is 0.600. The first-order valence-electron chi connectivity index (χ1n) is 8.79. The number of ether oxygens (including phenoxy) is 2. The van der Waals surface area contributed by atoms with Crippen LogP contribution in [0.1, 0.15) is 13.3 Å². The first-order valence-corrected chi connectivity index (χ1v) is 8.79. The van der Waals surface area contributed by atoms with Crippen LogP contribution in [0.25, 0.3) is 0 Å². The van der Waals surface area contributed by atoms with Crippen LogP contribution in [0, 0.1) is 22.0 Å². The molecule has 28 heavy (non-hydrogen) atoms. The van der Waals surface area contributed by atoms with Gasteiger partial charge in [-0.25, -0.2) is 0 Å². The zero-order chi connectivity index (χ0) is 20.5. The highest BCUT2D eigenvalue weighted by molar-refractivity contribution is 5.96. The Bertz CT molecular complexity index is 746. The predicted octanol–water partition coefficient (Wildman–Crippen LogP) is 2.79. The summed E-state index contributed by atoms with van der Waals surface area (Å²) in [6.45, 7) is 4.18. The van der Waals surface area contributed by atoms with E-state index >= 15 is 0 Å². The van der Waals surface area contributed by atoms with Crippen molar-refractivity contribution in [3.8, 4) is 5.75 Å². The lowest BCUT2D eigenvalue weighted by Gasteiger charge is -2.43. The molecule has 154 valence electrons. The number of hydrogen-bond donors (Lipinski definition) is 1. The van der Waals surface area contributed by atoms with E-state index in [1.807, 2.05) is 4.90 Å². The normalized spacial score (nSPS) is 23.7. The van der Waals surface area contributed by atoms with Crippen LogP contribution in [0.3, 0.4) is 0 Å². The van der Waals surface area contributed by atoms with Gasteiger partial charge in [0.05, 0.1) is 29.9 Å². The van der Waals surface area contributed by atoms with Crippen molar-refractivity contribution in [2.75, 3.05) is 31.6 Å². The highest BCUT2D eigenvalue weighted by atomic mass is 19.4. The number of hydrogen-bond acceptors (Lipinski definition) is 6. The number of benzene rings is 1. The minimum absolute atomic E-state index is 0.310. The fraction of sp³-hybridized carbons (Fsp3) is 0.588. The summed E-state index contributed by atoms with van der Waals surface area (Å²) >= 11 is 0. The molecule has 1 amide bonds. The lowest BCUT2D eigenvalue weighted by atomic mass is 9.87. The maximum absolute atomic E-state index is 12.6. The molecule has 3 rings (SSSR count). The van der Waals surface area contributed by atoms with Gasteiger partial charge in [-0.3, -0.25) is 19.8 Å². The van der Waals surface area contributed by atoms with E-state index in [2.05, 4.69) is 10.1 Å². The Morgan fingerprint density at radius 2 is 2.00 bits per heavy atom. The van der Waals surface area contributed by atoms with Crippen molar-refractivity contribution in [1.82, 2.24) is 4.90 Å². The molecule has 2 fully saturated rings. The standard InChI is InChI=1S/C17H20F3N3O5/c1-10(22-6-11-4-12(7-22)9-27-8-11)16(24)21-14-5-13(23(25)26)2-3-15(14)28-17(18,19)20/h2-3,5,10-12H,4,6-9H2,1H3,(H,21,24). The first kappa shape index (κ1) is 20.3. The van der Waals surface area contributed by atoms with Crippen molar-refractivity contribution < 1.29 is 32.4 Å². The second kappa shape index (κ2) is 7.92. The Morgan fingerprint density at radius 1 is 1.36 bits per heavy atom. The third kappa shape index (κ3) is 4.90. The van der Waals surface area contributed by atoms with E-state index in [1.165, 1.54) is 0 Å². The number of nitro benzene ring substituents is 1. The number of amides is 1. The van der Waals surface area contributed by atoms with Crippen LogP contribution in [0.15, 0.2) is 18.2 Å². The maximum atomic E-state index is 12.6. The SMILES string of the molecule is CC(C(=O)Nc1cc([N+](=O)[O-])ccc1OC(F)(F)F)N1CC2COCC(C2)C1. The molecule has 8 nitrogen and oxygen atoms in total. The van der Waals surface area contributed by atoms with Gasteiger partial charge in [0.15, 0.2) is 5.75 Å². The van der Waals surface area contributed by atoms with E-state index in [1.54, 1.807) is 6.92 Å². The second-order valence-corrected chi connectivity index (χ2v) is 7.11. The number of non-ortho nitro benzene ring substituents is 1. The molecule has 0 saturated carbocycles. The minimum atomic E-state index is -4.99. The van der Waals surface area contributed by atoms with Crippen molar-refractivity contribution in [3.63, 3.8) is 0 Å². The van der Waals surface area contributed by atoms with E-state index < -0.39 is 40.4 Å². The topological polar surface area (TPSA) is 93.9 Å². The van der Waals surface area contributed by atoms with Gasteiger partial charge >= 0.3 is 6.36 Å². The van der Waals surface area contributed by atoms with Crippen molar-refractivity contribution in [2.45, 2.75) is 25.7 Å². The van der Waals surface area contributed by atoms with E-state index in [0.29, 0.717) is 38.1 Å². The lowest BCUT2D eigenvalue weighted by molar-refractivity contribution is -0.384. The molecule has 2 aliphatic heterocycles. The Labute approximate surface area is 158 Å². The smallest absolute Gasteiger partial charge is 0.404 e. The Hall–Kier alpha value is -2.40. The van der Waals surface area contributed by atoms with Crippen LogP contribution < -0.4 is 10.1 Å². The van der Waals surface area contributed by atoms with E-state index in [9.17, 15) is 28.1 Å². The molecule has 0 aromatic heterocycles. The third-order valence-corrected chi connectivity index (χ3v) is 4.94. The summed E-state index contributed by atoms with van der Waals surface area (Å²) in [7, 11) is 0. The highest BCUT2D eigenvalue weighted by Crippen LogP contribution is 2.34. The summed E-state index contributed by atoms with van der Waals surface area (Å²) in [6.07, 6.45) is -3.97. The van der Waals surface area contributed by atoms with Gasteiger partial charge in [-0.05, 0) is 31.2 Å². The number of nitro groups is 1. The van der Waals surface area contributed by atoms with Crippen molar-refractivity contribution in [1.29, 1.82) is 0 Å². The van der Waals surface area contributed by atoms with Gasteiger partial charge in [0.25, 0.3) is 5.69 Å². The molecule has 0 radical (unpaired) electrons. The summed E-state index contributed by atoms with van der Waals surface area (Å²) in [4.78, 5) is 24.8. The molecular formula is C17H20F3N3O5. The zero-order valence-corrected chi connectivity index (χ0v) is 15.1. The number of nitrogens with one attached hydrogen (secondary N) is 1. The van der Waals surface area contributed by atoms with E-state index in [4.69, 9.17) is 4.74 Å². The third-order valence-electron chi connectivity index (χ3n) is 4.94. The van der Waals surface area contributed by atoms with Gasteiger partial charge in [0.2, 0.25) is 5.91 Å². The molecule has 3 atom stereocenters. The van der Waals surface area contributed by atoms with Crippen LogP contribution in [-0.2, 0) is 9.53 Å². The maximum Gasteiger partial charge on any atom is 0.573 e. The number of alkyl halides is 3. The number of rotatable bonds is 5. The summed E-state index contributed by atoms with van der Waals surface area (Å²) < 4.78 is 47.2. The zero-order valence-electron chi connectivity index (χ0n) is 15.1. The van der Waals surface area contributed by atoms with Crippen LogP contribution in [0.5, 0.6) is 5.75 Å². The van der Waals surface area contributed by atoms with Gasteiger partial charge in [-0.2, -0.15) is 0 Å². The predicted molar refractivity (Wildman–Crippen MR) is 91.9 cm³/mol. The van der Waals surface area contributed by atoms with Crippen molar-refractivity contribution >= 4 is 17.3 Å². The van der Waals surface area contributed by atoms with Gasteiger partial charge in [-0.1, -0.05) is 0 Å². The number of fused-ring (bicyclic) bond motifs is 2. The largest absolute Gasteiger partial charge is 0.573 e. The van der Waals surface area contributed by atoms with Crippen LogP contribution in [-0.4, -0.2) is 54.4 Å². The van der Waals surface area contributed by atoms with Gasteiger partial charge in [-0.15, -0.1) is 13.2 Å². The number of carbonyl (C=O) groups is 1. The number of piperidine rings is 1. The first-order chi connectivity index (χ1) is 13.1. The molecule has 2 heterocycles. The molecule has 1 aromatic rings. The number of halogens is 3. The molecule has 2 aliphatic rings. The van der Waals surface area contributed by atoms with Crippen molar-refractivity contribution in [3.05, 3.63) is 28.3 Å². The number of likely N-dealkylation sites (tertiary alicyclic amines) is 1. The average molecular weight is 403 g/mol. The van der Waals surface area contributed by atoms with Crippen LogP contribution >= 0.6 is 0 Å². The van der Waals surface area contributed by atoms with Crippen LogP contribution in [0.2, 0.25) is 0 Å². The Balaban J connectivity index is 1.76. The molecule has 2 bridgehead atoms. The molecule has 2 saturated heterocycles. The molecular weight excluding hydrogens is 383 g/mol. The lowest BCUT2D eigenvalue weighted by Crippen LogP contribution is -2.53. The average Bonchev–Trinajstić information content (AvgIpc) is 2.60. The fourth-order valence-electron chi connectivity index (χ4n) is 3.66. The number of carbonyl (C=O) groups excluding carboxylic acids is 1. The monoisotopic (exact) mass is 403 g/mol. The van der Waals surface area contributed by atoms with E-state index in [-0.39, 0.29) is 0 Å². The number of anilines is 1. The van der Waals surface area contributed by atoms with Gasteiger partial charge in [0, 0.05) is 25.2 Å². The molecule has 0 aliphatic carbocycles. The summed E-state index contributed by atoms with van der Waals surface area (Å²) in [6, 6.07) is 1.92. The highest BCUT2D eigenvalue weighted by Gasteiger charge is 2.36. The summed E-state index contributed by atoms with van der Waals surface area (Å²) in [5, 5.41) is 13.3. The molecule has 0 spiro atoms. The molecule has 3 unspecified atom stereocenters. The van der Waals surface area contributed by atoms with Gasteiger partial charge < -0.3 is 14.8 Å². The molecule has 11 heteroatoms. The summed E-state index contributed by atoms with van der Waals surface area (Å²) in [5.41, 5.74) is -0.856. The van der Waals surface area contributed by atoms with Crippen LogP contribution in [0.4, 0.5) is 24.5 Å². The van der Waals surface area contributed by atoms with Gasteiger partial charge in [0.1, 0.15) is 0 Å². The second-order valence-electron chi connectivity index (χ2n) is 7.11. The Kier molecular flexibility index (Phi) is 5.75. The number of nitrogens with zero attached hydrogens (tertiary/aromatic N) is 2. The molecule has 1 N–H and O–H groups in total. The summed E-state index contributed by atoms with van der Waals surface area (Å²) in [5.74, 6) is -0.648. The Morgan fingerprint density at radius 3 is 2.57 bits per heavy atom. The molecule has 1 aromatic carbocycles. The van der Waals surface area contributed by atoms with Crippen molar-refractivity contribution in [2.24, 2.45) is 11.8 Å². The minimum Gasteiger partial charge on any atom is -0.404 e. The fourth-order valence-corrected chi connectivity index (χ4v) is 3.66. The van der Waals surface area contributed by atoms with E-state index in [0.717, 1.165) is 24.6 Å².